The Morgan fingerprint density at radius 2 is 1.86 bits per heavy atom. The number of azo groups is 1. The van der Waals surface area contributed by atoms with Crippen LogP contribution in [0, 0.1) is 27.3 Å². The summed E-state index contributed by atoms with van der Waals surface area (Å²) in [6.07, 6.45) is 0. The van der Waals surface area contributed by atoms with Crippen molar-refractivity contribution in [3.8, 4) is 5.95 Å². The van der Waals surface area contributed by atoms with Gasteiger partial charge in [0.15, 0.2) is 11.5 Å². The minimum atomic E-state index is -0.860. The Hall–Kier alpha value is -4.41. The molecule has 3 N–H and O–H groups in total. The third-order valence-electron chi connectivity index (χ3n) is 3.77. The summed E-state index contributed by atoms with van der Waals surface area (Å²) in [4.78, 5) is 38.8. The summed E-state index contributed by atoms with van der Waals surface area (Å²) in [5, 5.41) is 19.6. The maximum atomic E-state index is 11.6. The predicted octanol–water partition coefficient (Wildman–Crippen LogP) is 0.906. The second-order valence-electron chi connectivity index (χ2n) is 5.78. The third kappa shape index (κ3) is 2.67. The molecule has 0 unspecified atom stereocenters. The van der Waals surface area contributed by atoms with E-state index in [-0.39, 0.29) is 17.5 Å². The molecule has 0 atom stereocenters. The van der Waals surface area contributed by atoms with Crippen molar-refractivity contribution in [1.29, 1.82) is 0 Å². The first-order valence-corrected chi connectivity index (χ1v) is 7.89. The van der Waals surface area contributed by atoms with E-state index in [1.54, 1.807) is 20.8 Å². The van der Waals surface area contributed by atoms with Crippen LogP contribution in [0.4, 0.5) is 17.2 Å². The predicted molar refractivity (Wildman–Crippen MR) is 94.6 cm³/mol. The molecule has 0 saturated carbocycles. The molecule has 0 fully saturated rings. The zero-order chi connectivity index (χ0) is 20.0. The first-order valence-electron chi connectivity index (χ1n) is 7.89. The highest BCUT2D eigenvalue weighted by atomic mass is 16.2. The van der Waals surface area contributed by atoms with E-state index < -0.39 is 11.4 Å². The van der Waals surface area contributed by atoms with Gasteiger partial charge < -0.3 is 0 Å². The molecule has 0 aromatic carbocycles. The molecular weight excluding hydrogens is 368 g/mol. The number of hydrogen-bond donors (Lipinski definition) is 3. The summed E-state index contributed by atoms with van der Waals surface area (Å²) >= 11 is 0. The molecule has 14 nitrogen and oxygen atoms in total. The number of aryl methyl sites for hydroxylation is 3. The molecular formula is C14H12N12O2. The van der Waals surface area contributed by atoms with Crippen molar-refractivity contribution in [3.05, 3.63) is 49.6 Å². The summed E-state index contributed by atoms with van der Waals surface area (Å²) in [5.41, 5.74) is 0.366. The maximum absolute atomic E-state index is 11.6. The van der Waals surface area contributed by atoms with Crippen LogP contribution < -0.4 is 11.4 Å². The molecule has 28 heavy (non-hydrogen) atoms. The van der Waals surface area contributed by atoms with Gasteiger partial charge in [-0.2, -0.15) is 19.4 Å². The van der Waals surface area contributed by atoms with E-state index in [9.17, 15) is 9.59 Å². The Morgan fingerprint density at radius 1 is 1.07 bits per heavy atom. The lowest BCUT2D eigenvalue weighted by Crippen LogP contribution is -2.27. The van der Waals surface area contributed by atoms with E-state index in [1.165, 1.54) is 4.63 Å². The number of nitrogens with one attached hydrogen (secondary N) is 3. The number of rotatable bonds is 3. The number of aromatic amines is 3. The Morgan fingerprint density at radius 3 is 2.57 bits per heavy atom. The van der Waals surface area contributed by atoms with Crippen molar-refractivity contribution >= 4 is 22.8 Å². The lowest BCUT2D eigenvalue weighted by molar-refractivity contribution is 0.758. The van der Waals surface area contributed by atoms with Gasteiger partial charge in [-0.15, -0.1) is 15.3 Å². The number of aromatic nitrogens is 9. The fourth-order valence-corrected chi connectivity index (χ4v) is 2.60. The lowest BCUT2D eigenvalue weighted by Gasteiger charge is -2.01. The van der Waals surface area contributed by atoms with Gasteiger partial charge in [-0.1, -0.05) is 0 Å². The molecule has 0 aliphatic rings. The van der Waals surface area contributed by atoms with Crippen LogP contribution in [0.2, 0.25) is 0 Å². The zero-order valence-electron chi connectivity index (χ0n) is 14.8. The van der Waals surface area contributed by atoms with Crippen LogP contribution in [0.5, 0.6) is 0 Å². The molecule has 14 heteroatoms. The number of hydrogen-bond acceptors (Lipinski definition) is 8. The van der Waals surface area contributed by atoms with Crippen LogP contribution in [0.3, 0.4) is 0 Å². The molecule has 0 radical (unpaired) electrons. The summed E-state index contributed by atoms with van der Waals surface area (Å²) in [6, 6.07) is 0. The molecule has 4 rings (SSSR count). The van der Waals surface area contributed by atoms with Crippen LogP contribution in [-0.2, 0) is 0 Å². The Bertz CT molecular complexity index is 1370. The summed E-state index contributed by atoms with van der Waals surface area (Å²) in [7, 11) is 0. The Balaban J connectivity index is 1.90. The van der Waals surface area contributed by atoms with Crippen LogP contribution in [-0.4, -0.2) is 44.5 Å². The van der Waals surface area contributed by atoms with Gasteiger partial charge >= 0.3 is 11.4 Å². The zero-order valence-corrected chi connectivity index (χ0v) is 14.8. The van der Waals surface area contributed by atoms with Crippen LogP contribution in [0.1, 0.15) is 17.2 Å². The summed E-state index contributed by atoms with van der Waals surface area (Å²) < 4.78 is 2.55. The average Bonchev–Trinajstić information content (AvgIpc) is 3.22. The second kappa shape index (κ2) is 6.09. The minimum absolute atomic E-state index is 0.0104. The van der Waals surface area contributed by atoms with E-state index in [1.807, 2.05) is 4.98 Å². The topological polar surface area (TPSA) is 171 Å². The molecule has 4 aromatic heterocycles. The standard InChI is InChI=1S/C14H12N12O2/c1-5-8(15-4)11(25(22-5)12-17-13(27)19-14(28)18-12)21-20-9-6(2)23-26-10(9)16-7(3)24-26/h23H,1-3H3,(H2,17,18,19,27,28). The number of nitrogens with zero attached hydrogens (tertiary/aromatic N) is 9. The molecule has 0 bridgehead atoms. The molecule has 0 saturated heterocycles. The van der Waals surface area contributed by atoms with Gasteiger partial charge in [0.2, 0.25) is 11.6 Å². The maximum Gasteiger partial charge on any atom is 0.352 e. The van der Waals surface area contributed by atoms with Gasteiger partial charge in [-0.3, -0.25) is 15.1 Å². The van der Waals surface area contributed by atoms with Crippen LogP contribution in [0.25, 0.3) is 16.4 Å². The molecule has 0 spiro atoms. The van der Waals surface area contributed by atoms with Crippen molar-refractivity contribution in [1.82, 2.24) is 44.5 Å². The minimum Gasteiger partial charge on any atom is -0.278 e. The average molecular weight is 380 g/mol. The van der Waals surface area contributed by atoms with E-state index in [0.717, 1.165) is 4.68 Å². The third-order valence-corrected chi connectivity index (χ3v) is 3.77. The monoisotopic (exact) mass is 380 g/mol. The molecule has 0 aliphatic carbocycles. The first-order chi connectivity index (χ1) is 13.4. The largest absolute Gasteiger partial charge is 0.352 e. The van der Waals surface area contributed by atoms with E-state index in [0.29, 0.717) is 28.5 Å². The smallest absolute Gasteiger partial charge is 0.278 e. The first kappa shape index (κ1) is 17.0. The molecule has 0 amide bonds. The highest BCUT2D eigenvalue weighted by molar-refractivity contribution is 5.69. The molecule has 4 aromatic rings. The fourth-order valence-electron chi connectivity index (χ4n) is 2.60. The van der Waals surface area contributed by atoms with E-state index in [2.05, 4.69) is 45.3 Å². The Kier molecular flexibility index (Phi) is 3.70. The Labute approximate surface area is 154 Å². The van der Waals surface area contributed by atoms with Crippen molar-refractivity contribution < 1.29 is 0 Å². The molecule has 4 heterocycles. The highest BCUT2D eigenvalue weighted by Crippen LogP contribution is 2.35. The van der Waals surface area contributed by atoms with Crippen molar-refractivity contribution in [2.24, 2.45) is 10.2 Å². The quantitative estimate of drug-likeness (QED) is 0.352. The van der Waals surface area contributed by atoms with Crippen LogP contribution in [0.15, 0.2) is 19.8 Å². The number of H-pyrrole nitrogens is 3. The van der Waals surface area contributed by atoms with Gasteiger partial charge in [0.1, 0.15) is 5.82 Å². The molecule has 0 aliphatic heterocycles. The van der Waals surface area contributed by atoms with Gasteiger partial charge in [0, 0.05) is 0 Å². The van der Waals surface area contributed by atoms with Crippen molar-refractivity contribution in [2.75, 3.05) is 0 Å². The highest BCUT2D eigenvalue weighted by Gasteiger charge is 2.19. The molecule has 140 valence electrons. The van der Waals surface area contributed by atoms with E-state index in [4.69, 9.17) is 6.57 Å². The summed E-state index contributed by atoms with van der Waals surface area (Å²) in [6.45, 7) is 12.5. The van der Waals surface area contributed by atoms with Crippen molar-refractivity contribution in [3.63, 3.8) is 0 Å². The van der Waals surface area contributed by atoms with Gasteiger partial charge in [0.25, 0.3) is 5.69 Å². The van der Waals surface area contributed by atoms with Gasteiger partial charge in [-0.05, 0) is 20.8 Å². The fraction of sp³-hybridized carbons (Fsp3) is 0.214. The normalized spacial score (nSPS) is 11.5. The van der Waals surface area contributed by atoms with Gasteiger partial charge in [-0.25, -0.2) is 19.4 Å². The summed E-state index contributed by atoms with van der Waals surface area (Å²) in [5.74, 6) is 0.377. The van der Waals surface area contributed by atoms with Crippen LogP contribution >= 0.6 is 0 Å². The number of fused-ring (bicyclic) bond motifs is 1. The van der Waals surface area contributed by atoms with E-state index >= 15 is 0 Å². The second-order valence-corrected chi connectivity index (χ2v) is 5.78. The SMILES string of the molecule is [C-]#[N+]c1c(C)nn(-c2nc(=O)[nH]c(=O)[nH]2)c1N=Nc1c(C)[nH]n2nc(C)nc12. The lowest BCUT2D eigenvalue weighted by atomic mass is 10.4. The van der Waals surface area contributed by atoms with Gasteiger partial charge in [0.05, 0.1) is 18.0 Å². The van der Waals surface area contributed by atoms with Crippen molar-refractivity contribution in [2.45, 2.75) is 20.8 Å².